The molecule has 32 heavy (non-hydrogen) atoms. The molecule has 0 bridgehead atoms. The van der Waals surface area contributed by atoms with Gasteiger partial charge in [0.05, 0.1) is 25.0 Å². The van der Waals surface area contributed by atoms with Gasteiger partial charge >= 0.3 is 5.97 Å². The molecular formula is C26H35NO5. The summed E-state index contributed by atoms with van der Waals surface area (Å²) in [4.78, 5) is 24.9. The number of methoxy groups -OCH3 is 1. The van der Waals surface area contributed by atoms with Crippen LogP contribution in [0.3, 0.4) is 0 Å². The minimum atomic E-state index is -0.606. The molecule has 1 atom stereocenters. The number of aromatic hydroxyl groups is 1. The van der Waals surface area contributed by atoms with Crippen LogP contribution in [0.5, 0.6) is 11.5 Å². The fourth-order valence-corrected chi connectivity index (χ4v) is 3.19. The highest BCUT2D eigenvalue weighted by Gasteiger charge is 2.25. The van der Waals surface area contributed by atoms with E-state index in [1.807, 2.05) is 0 Å². The van der Waals surface area contributed by atoms with Crippen LogP contribution in [0.15, 0.2) is 36.4 Å². The monoisotopic (exact) mass is 441 g/mol. The van der Waals surface area contributed by atoms with E-state index >= 15 is 0 Å². The summed E-state index contributed by atoms with van der Waals surface area (Å²) in [6, 6.07) is 10.8. The van der Waals surface area contributed by atoms with Crippen molar-refractivity contribution in [3.8, 4) is 11.5 Å². The van der Waals surface area contributed by atoms with Crippen molar-refractivity contribution in [2.24, 2.45) is 5.41 Å². The molecule has 2 aromatic rings. The molecule has 0 heterocycles. The van der Waals surface area contributed by atoms with Crippen LogP contribution in [0.1, 0.15) is 49.4 Å². The third kappa shape index (κ3) is 7.59. The molecule has 0 aromatic heterocycles. The quantitative estimate of drug-likeness (QED) is 0.568. The lowest BCUT2D eigenvalue weighted by atomic mass is 9.97. The first-order valence-corrected chi connectivity index (χ1v) is 10.9. The summed E-state index contributed by atoms with van der Waals surface area (Å²) in [6.45, 7) is 9.68. The summed E-state index contributed by atoms with van der Waals surface area (Å²) < 4.78 is 10.6. The number of rotatable bonds is 9. The first-order valence-electron chi connectivity index (χ1n) is 10.9. The number of phenols is 1. The lowest BCUT2D eigenvalue weighted by molar-refractivity contribution is -0.154. The van der Waals surface area contributed by atoms with E-state index < -0.39 is 5.41 Å². The summed E-state index contributed by atoms with van der Waals surface area (Å²) in [5.41, 5.74) is 3.76. The standard InChI is InChI=1S/C26H35NO5/c1-17-7-8-19(13-18(17)2)9-11-21(16-32-25(30)26(3,4)5)27-24(29)15-20-10-12-22(28)23(14-20)31-6/h7-8,10,12-14,21,28H,9,11,15-16H2,1-6H3,(H,27,29). The van der Waals surface area contributed by atoms with Gasteiger partial charge in [0.15, 0.2) is 11.5 Å². The Bertz CT molecular complexity index is 946. The second kappa shape index (κ2) is 11.0. The van der Waals surface area contributed by atoms with Crippen LogP contribution < -0.4 is 10.1 Å². The second-order valence-electron chi connectivity index (χ2n) is 9.25. The molecule has 6 nitrogen and oxygen atoms in total. The maximum atomic E-state index is 12.7. The number of carbonyl (C=O) groups excluding carboxylic acids is 2. The van der Waals surface area contributed by atoms with Gasteiger partial charge in [-0.25, -0.2) is 0 Å². The normalized spacial score (nSPS) is 12.2. The molecule has 1 unspecified atom stereocenters. The molecular weight excluding hydrogens is 406 g/mol. The Hall–Kier alpha value is -3.02. The van der Waals surface area contributed by atoms with E-state index in [0.717, 1.165) is 12.0 Å². The van der Waals surface area contributed by atoms with Crippen LogP contribution in [0.25, 0.3) is 0 Å². The molecule has 174 valence electrons. The third-order valence-electron chi connectivity index (χ3n) is 5.35. The predicted octanol–water partition coefficient (Wildman–Crippen LogP) is 4.27. The van der Waals surface area contributed by atoms with E-state index in [-0.39, 0.29) is 36.7 Å². The largest absolute Gasteiger partial charge is 0.504 e. The highest BCUT2D eigenvalue weighted by molar-refractivity contribution is 5.79. The van der Waals surface area contributed by atoms with Gasteiger partial charge in [0.2, 0.25) is 5.91 Å². The Morgan fingerprint density at radius 3 is 2.34 bits per heavy atom. The highest BCUT2D eigenvalue weighted by atomic mass is 16.5. The Labute approximate surface area is 190 Å². The van der Waals surface area contributed by atoms with Gasteiger partial charge in [0.1, 0.15) is 6.61 Å². The van der Waals surface area contributed by atoms with E-state index in [0.29, 0.717) is 12.2 Å². The number of nitrogens with one attached hydrogen (secondary N) is 1. The van der Waals surface area contributed by atoms with Crippen molar-refractivity contribution < 1.29 is 24.2 Å². The van der Waals surface area contributed by atoms with E-state index in [1.165, 1.54) is 29.9 Å². The molecule has 0 fully saturated rings. The molecule has 2 aromatic carbocycles. The van der Waals surface area contributed by atoms with Crippen molar-refractivity contribution >= 4 is 11.9 Å². The SMILES string of the molecule is COc1cc(CC(=O)NC(CCc2ccc(C)c(C)c2)COC(=O)C(C)(C)C)ccc1O. The lowest BCUT2D eigenvalue weighted by Gasteiger charge is -2.22. The number of esters is 1. The van der Waals surface area contributed by atoms with E-state index in [2.05, 4.69) is 37.4 Å². The third-order valence-corrected chi connectivity index (χ3v) is 5.35. The van der Waals surface area contributed by atoms with Crippen molar-refractivity contribution in [1.29, 1.82) is 0 Å². The number of aryl methyl sites for hydroxylation is 3. The second-order valence-corrected chi connectivity index (χ2v) is 9.25. The van der Waals surface area contributed by atoms with Crippen LogP contribution >= 0.6 is 0 Å². The van der Waals surface area contributed by atoms with Gasteiger partial charge in [-0.05, 0) is 81.8 Å². The predicted molar refractivity (Wildman–Crippen MR) is 125 cm³/mol. The summed E-state index contributed by atoms with van der Waals surface area (Å²) in [6.07, 6.45) is 1.53. The molecule has 0 aliphatic heterocycles. The number of ether oxygens (including phenoxy) is 2. The summed E-state index contributed by atoms with van der Waals surface area (Å²) in [7, 11) is 1.46. The average Bonchev–Trinajstić information content (AvgIpc) is 2.72. The first-order chi connectivity index (χ1) is 15.0. The molecule has 0 saturated heterocycles. The van der Waals surface area contributed by atoms with Crippen LogP contribution in [0.2, 0.25) is 0 Å². The van der Waals surface area contributed by atoms with Crippen molar-refractivity contribution in [2.75, 3.05) is 13.7 Å². The van der Waals surface area contributed by atoms with Gasteiger partial charge in [-0.2, -0.15) is 0 Å². The van der Waals surface area contributed by atoms with Crippen LogP contribution in [-0.2, 0) is 27.2 Å². The topological polar surface area (TPSA) is 84.9 Å². The Morgan fingerprint density at radius 1 is 1.03 bits per heavy atom. The summed E-state index contributed by atoms with van der Waals surface area (Å²) in [5, 5.41) is 12.7. The van der Waals surface area contributed by atoms with E-state index in [4.69, 9.17) is 9.47 Å². The zero-order valence-electron chi connectivity index (χ0n) is 20.0. The van der Waals surface area contributed by atoms with Gasteiger partial charge in [-0.15, -0.1) is 0 Å². The van der Waals surface area contributed by atoms with Gasteiger partial charge in [-0.3, -0.25) is 9.59 Å². The van der Waals surface area contributed by atoms with Crippen LogP contribution in [0.4, 0.5) is 0 Å². The van der Waals surface area contributed by atoms with Gasteiger partial charge in [-0.1, -0.05) is 24.3 Å². The number of amides is 1. The Balaban J connectivity index is 2.05. The summed E-state index contributed by atoms with van der Waals surface area (Å²) in [5.74, 6) is -0.140. The first kappa shape index (κ1) is 25.2. The van der Waals surface area contributed by atoms with Crippen molar-refractivity contribution in [2.45, 2.75) is 59.9 Å². The van der Waals surface area contributed by atoms with Gasteiger partial charge in [0, 0.05) is 0 Å². The molecule has 0 spiro atoms. The van der Waals surface area contributed by atoms with Crippen molar-refractivity contribution in [3.63, 3.8) is 0 Å². The van der Waals surface area contributed by atoms with Crippen molar-refractivity contribution in [1.82, 2.24) is 5.32 Å². The van der Waals surface area contributed by atoms with E-state index in [1.54, 1.807) is 32.9 Å². The maximum absolute atomic E-state index is 12.7. The molecule has 0 aliphatic rings. The number of carbonyl (C=O) groups is 2. The highest BCUT2D eigenvalue weighted by Crippen LogP contribution is 2.26. The van der Waals surface area contributed by atoms with Gasteiger partial charge in [0.25, 0.3) is 0 Å². The zero-order valence-corrected chi connectivity index (χ0v) is 20.0. The Kier molecular flexibility index (Phi) is 8.70. The lowest BCUT2D eigenvalue weighted by Crippen LogP contribution is -2.41. The van der Waals surface area contributed by atoms with Crippen LogP contribution in [-0.4, -0.2) is 36.7 Å². The van der Waals surface area contributed by atoms with Crippen LogP contribution in [0, 0.1) is 19.3 Å². The summed E-state index contributed by atoms with van der Waals surface area (Å²) >= 11 is 0. The fraction of sp³-hybridized carbons (Fsp3) is 0.462. The number of benzene rings is 2. The van der Waals surface area contributed by atoms with Crippen molar-refractivity contribution in [3.05, 3.63) is 58.7 Å². The minimum Gasteiger partial charge on any atom is -0.504 e. The smallest absolute Gasteiger partial charge is 0.311 e. The maximum Gasteiger partial charge on any atom is 0.311 e. The minimum absolute atomic E-state index is 0.0250. The van der Waals surface area contributed by atoms with Gasteiger partial charge < -0.3 is 19.9 Å². The molecule has 0 radical (unpaired) electrons. The molecule has 2 rings (SSSR count). The van der Waals surface area contributed by atoms with E-state index in [9.17, 15) is 14.7 Å². The number of hydrogen-bond acceptors (Lipinski definition) is 5. The molecule has 2 N–H and O–H groups in total. The Morgan fingerprint density at radius 2 is 1.72 bits per heavy atom. The average molecular weight is 442 g/mol. The molecule has 0 saturated carbocycles. The molecule has 1 amide bonds. The fourth-order valence-electron chi connectivity index (χ4n) is 3.19. The zero-order chi connectivity index (χ0) is 23.9. The molecule has 0 aliphatic carbocycles. The number of hydrogen-bond donors (Lipinski definition) is 2. The number of phenolic OH excluding ortho intramolecular Hbond substituents is 1. The molecule has 6 heteroatoms.